The standard InChI is InChI=1S/C18H16BClFN2/c1-18(2,19-3)17-15(11-6-4-7-12(21)10-11)22-14-9-5-8-13(20)16(14)23-17/h4-10H,1-3H3. The number of hydrogen-bond donors (Lipinski definition) is 0. The molecule has 0 spiro atoms. The van der Waals surface area contributed by atoms with Gasteiger partial charge in [0.1, 0.15) is 18.6 Å². The maximum Gasteiger partial charge on any atom is 0.123 e. The van der Waals surface area contributed by atoms with Crippen molar-refractivity contribution >= 4 is 29.9 Å². The van der Waals surface area contributed by atoms with E-state index in [9.17, 15) is 4.39 Å². The zero-order valence-corrected chi connectivity index (χ0v) is 14.0. The summed E-state index contributed by atoms with van der Waals surface area (Å²) in [7, 11) is 2.06. The smallest absolute Gasteiger partial charge is 0.123 e. The van der Waals surface area contributed by atoms with Crippen LogP contribution in [0.5, 0.6) is 0 Å². The van der Waals surface area contributed by atoms with Crippen molar-refractivity contribution in [1.82, 2.24) is 9.97 Å². The average Bonchev–Trinajstić information content (AvgIpc) is 2.54. The molecule has 0 bridgehead atoms. The predicted octanol–water partition coefficient (Wildman–Crippen LogP) is 5.08. The molecule has 0 unspecified atom stereocenters. The Balaban J connectivity index is 2.36. The SMILES string of the molecule is C[B]C(C)(C)c1nc2c(Cl)cccc2nc1-c1cccc(F)c1. The first-order valence-corrected chi connectivity index (χ1v) is 7.83. The molecule has 115 valence electrons. The van der Waals surface area contributed by atoms with Gasteiger partial charge in [0.15, 0.2) is 0 Å². The molecule has 5 heteroatoms. The summed E-state index contributed by atoms with van der Waals surface area (Å²) >= 11 is 6.27. The minimum atomic E-state index is -0.317. The molecule has 0 N–H and O–H groups in total. The number of aromatic nitrogens is 2. The largest absolute Gasteiger partial charge is 0.248 e. The van der Waals surface area contributed by atoms with Gasteiger partial charge in [0.25, 0.3) is 0 Å². The van der Waals surface area contributed by atoms with Gasteiger partial charge in [0, 0.05) is 5.56 Å². The highest BCUT2D eigenvalue weighted by atomic mass is 35.5. The third-order valence-electron chi connectivity index (χ3n) is 4.08. The number of benzene rings is 2. The van der Waals surface area contributed by atoms with Gasteiger partial charge in [-0.2, -0.15) is 0 Å². The molecule has 0 aliphatic heterocycles. The van der Waals surface area contributed by atoms with E-state index >= 15 is 0 Å². The number of halogens is 2. The Bertz CT molecular complexity index is 880. The van der Waals surface area contributed by atoms with Gasteiger partial charge < -0.3 is 0 Å². The summed E-state index contributed by atoms with van der Waals surface area (Å²) in [5.41, 5.74) is 3.55. The van der Waals surface area contributed by atoms with Gasteiger partial charge in [0.05, 0.1) is 21.9 Å². The van der Waals surface area contributed by atoms with Crippen molar-refractivity contribution in [2.24, 2.45) is 0 Å². The van der Waals surface area contributed by atoms with Crippen LogP contribution in [0.15, 0.2) is 42.5 Å². The third-order valence-corrected chi connectivity index (χ3v) is 4.38. The van der Waals surface area contributed by atoms with Crippen LogP contribution in [0.25, 0.3) is 22.3 Å². The van der Waals surface area contributed by atoms with Gasteiger partial charge in [0.2, 0.25) is 0 Å². The molecule has 0 saturated heterocycles. The fraction of sp³-hybridized carbons (Fsp3) is 0.222. The maximum absolute atomic E-state index is 13.7. The van der Waals surface area contributed by atoms with Gasteiger partial charge in [-0.15, -0.1) is 0 Å². The summed E-state index contributed by atoms with van der Waals surface area (Å²) < 4.78 is 13.7. The summed E-state index contributed by atoms with van der Waals surface area (Å²) in [5.74, 6) is -0.292. The zero-order valence-electron chi connectivity index (χ0n) is 13.3. The van der Waals surface area contributed by atoms with Gasteiger partial charge in [-0.3, -0.25) is 0 Å². The number of fused-ring (bicyclic) bond motifs is 1. The minimum absolute atomic E-state index is 0.292. The van der Waals surface area contributed by atoms with E-state index in [0.717, 1.165) is 5.69 Å². The minimum Gasteiger partial charge on any atom is -0.248 e. The lowest BCUT2D eigenvalue weighted by Gasteiger charge is -2.24. The summed E-state index contributed by atoms with van der Waals surface area (Å²) in [5, 5.41) is 0.246. The van der Waals surface area contributed by atoms with Crippen molar-refractivity contribution in [2.45, 2.75) is 26.0 Å². The molecule has 0 aliphatic rings. The first-order valence-electron chi connectivity index (χ1n) is 7.45. The predicted molar refractivity (Wildman–Crippen MR) is 94.6 cm³/mol. The van der Waals surface area contributed by atoms with E-state index in [-0.39, 0.29) is 11.1 Å². The Hall–Kier alpha value is -1.94. The van der Waals surface area contributed by atoms with Crippen LogP contribution < -0.4 is 0 Å². The molecule has 2 nitrogen and oxygen atoms in total. The second kappa shape index (κ2) is 5.93. The normalized spacial score (nSPS) is 11.7. The van der Waals surface area contributed by atoms with Crippen molar-refractivity contribution in [3.63, 3.8) is 0 Å². The fourth-order valence-electron chi connectivity index (χ4n) is 2.47. The monoisotopic (exact) mass is 325 g/mol. The summed E-state index contributed by atoms with van der Waals surface area (Å²) in [6, 6.07) is 11.9. The van der Waals surface area contributed by atoms with Crippen LogP contribution in [-0.2, 0) is 5.31 Å². The van der Waals surface area contributed by atoms with Crippen molar-refractivity contribution in [1.29, 1.82) is 0 Å². The van der Waals surface area contributed by atoms with Crippen LogP contribution in [0.4, 0.5) is 4.39 Å². The molecule has 0 atom stereocenters. The molecular weight excluding hydrogens is 309 g/mol. The van der Waals surface area contributed by atoms with E-state index in [0.29, 0.717) is 27.3 Å². The Labute approximate surface area is 141 Å². The molecule has 1 aromatic heterocycles. The van der Waals surface area contributed by atoms with Crippen molar-refractivity contribution < 1.29 is 4.39 Å². The quantitative estimate of drug-likeness (QED) is 0.628. The van der Waals surface area contributed by atoms with Crippen LogP contribution in [0.1, 0.15) is 19.5 Å². The molecule has 2 aromatic carbocycles. The van der Waals surface area contributed by atoms with Crippen LogP contribution >= 0.6 is 11.6 Å². The molecule has 23 heavy (non-hydrogen) atoms. The first kappa shape index (κ1) is 15.9. The van der Waals surface area contributed by atoms with Gasteiger partial charge in [-0.05, 0) is 29.6 Å². The van der Waals surface area contributed by atoms with Crippen molar-refractivity contribution in [2.75, 3.05) is 0 Å². The summed E-state index contributed by atoms with van der Waals surface area (Å²) in [4.78, 5) is 9.50. The van der Waals surface area contributed by atoms with Crippen LogP contribution in [-0.4, -0.2) is 17.2 Å². The summed E-state index contributed by atoms with van der Waals surface area (Å²) in [6.45, 7) is 6.10. The Morgan fingerprint density at radius 1 is 1.09 bits per heavy atom. The number of hydrogen-bond acceptors (Lipinski definition) is 2. The van der Waals surface area contributed by atoms with Crippen LogP contribution in [0.3, 0.4) is 0 Å². The highest BCUT2D eigenvalue weighted by Gasteiger charge is 2.26. The molecular formula is C18H16BClFN2. The van der Waals surface area contributed by atoms with Gasteiger partial charge >= 0.3 is 0 Å². The van der Waals surface area contributed by atoms with Gasteiger partial charge in [-0.25, -0.2) is 14.4 Å². The zero-order chi connectivity index (χ0) is 16.6. The number of rotatable bonds is 3. The lowest BCUT2D eigenvalue weighted by Crippen LogP contribution is -2.26. The number of para-hydroxylation sites is 1. The van der Waals surface area contributed by atoms with E-state index in [2.05, 4.69) is 21.1 Å². The molecule has 3 rings (SSSR count). The lowest BCUT2D eigenvalue weighted by molar-refractivity contribution is 0.628. The van der Waals surface area contributed by atoms with Crippen molar-refractivity contribution in [3.8, 4) is 11.3 Å². The molecule has 1 radical (unpaired) electrons. The average molecular weight is 326 g/mol. The Morgan fingerprint density at radius 2 is 1.83 bits per heavy atom. The molecule has 0 saturated carbocycles. The maximum atomic E-state index is 13.7. The van der Waals surface area contributed by atoms with E-state index in [1.807, 2.05) is 25.0 Å². The molecule has 1 heterocycles. The first-order chi connectivity index (χ1) is 10.9. The van der Waals surface area contributed by atoms with E-state index in [4.69, 9.17) is 21.6 Å². The Morgan fingerprint density at radius 3 is 2.52 bits per heavy atom. The van der Waals surface area contributed by atoms with Gasteiger partial charge in [-0.1, -0.05) is 50.5 Å². The second-order valence-electron chi connectivity index (χ2n) is 6.05. The van der Waals surface area contributed by atoms with Crippen molar-refractivity contribution in [3.05, 3.63) is 59.0 Å². The highest BCUT2D eigenvalue weighted by Crippen LogP contribution is 2.33. The van der Waals surface area contributed by atoms with E-state index < -0.39 is 0 Å². The molecule has 0 aliphatic carbocycles. The van der Waals surface area contributed by atoms with E-state index in [1.165, 1.54) is 12.1 Å². The van der Waals surface area contributed by atoms with E-state index in [1.54, 1.807) is 12.1 Å². The fourth-order valence-corrected chi connectivity index (χ4v) is 2.68. The highest BCUT2D eigenvalue weighted by molar-refractivity contribution is 6.38. The second-order valence-corrected chi connectivity index (χ2v) is 6.46. The lowest BCUT2D eigenvalue weighted by atomic mass is 9.54. The van der Waals surface area contributed by atoms with Crippen LogP contribution in [0, 0.1) is 5.82 Å². The topological polar surface area (TPSA) is 25.8 Å². The third kappa shape index (κ3) is 2.96. The Kier molecular flexibility index (Phi) is 4.11. The number of nitrogens with zero attached hydrogens (tertiary/aromatic N) is 2. The molecule has 0 amide bonds. The summed E-state index contributed by atoms with van der Waals surface area (Å²) in [6.07, 6.45) is 0. The van der Waals surface area contributed by atoms with Crippen LogP contribution in [0.2, 0.25) is 11.8 Å². The molecule has 0 fully saturated rings. The molecule has 3 aromatic rings.